The number of nitrogens with zero attached hydrogens (tertiary/aromatic N) is 3. The van der Waals surface area contributed by atoms with Crippen LogP contribution in [0.25, 0.3) is 0 Å². The molecular weight excluding hydrogens is 418 g/mol. The van der Waals surface area contributed by atoms with Crippen molar-refractivity contribution in [3.05, 3.63) is 21.4 Å². The molecule has 1 aromatic heterocycles. The van der Waals surface area contributed by atoms with Gasteiger partial charge in [-0.1, -0.05) is 6.92 Å². The summed E-state index contributed by atoms with van der Waals surface area (Å²) in [6.07, 6.45) is 4.13. The van der Waals surface area contributed by atoms with Crippen molar-refractivity contribution in [1.82, 2.24) is 9.88 Å². The van der Waals surface area contributed by atoms with E-state index in [1.165, 1.54) is 11.3 Å². The number of piperidine rings is 1. The van der Waals surface area contributed by atoms with Crippen molar-refractivity contribution in [2.45, 2.75) is 72.8 Å². The third kappa shape index (κ3) is 4.32. The van der Waals surface area contributed by atoms with Gasteiger partial charge in [0.15, 0.2) is 0 Å². The van der Waals surface area contributed by atoms with Crippen LogP contribution in [0.15, 0.2) is 4.47 Å². The molecule has 1 amide bonds. The van der Waals surface area contributed by atoms with Crippen LogP contribution in [-0.2, 0) is 11.2 Å². The summed E-state index contributed by atoms with van der Waals surface area (Å²) in [5.41, 5.74) is 4.66. The van der Waals surface area contributed by atoms with Crippen LogP contribution in [0.3, 0.4) is 0 Å². The molecule has 28 heavy (non-hydrogen) atoms. The maximum atomic E-state index is 12.5. The van der Waals surface area contributed by atoms with E-state index in [2.05, 4.69) is 41.6 Å². The van der Waals surface area contributed by atoms with E-state index in [0.717, 1.165) is 67.7 Å². The van der Waals surface area contributed by atoms with Gasteiger partial charge in [-0.2, -0.15) is 0 Å². The van der Waals surface area contributed by atoms with Crippen molar-refractivity contribution in [2.75, 3.05) is 31.1 Å². The van der Waals surface area contributed by atoms with E-state index in [1.807, 2.05) is 25.7 Å². The van der Waals surface area contributed by atoms with Crippen LogP contribution in [0.4, 0.5) is 10.5 Å². The number of hydrogen-bond donors (Lipinski definition) is 0. The number of hydrogen-bond acceptors (Lipinski definition) is 4. The molecule has 0 radical (unpaired) electrons. The average Bonchev–Trinajstić information content (AvgIpc) is 3.01. The van der Waals surface area contributed by atoms with E-state index in [4.69, 9.17) is 9.72 Å². The van der Waals surface area contributed by atoms with Crippen LogP contribution in [0, 0.1) is 19.3 Å². The minimum atomic E-state index is -0.434. The first-order valence-electron chi connectivity index (χ1n) is 10.4. The summed E-state index contributed by atoms with van der Waals surface area (Å²) in [5.74, 6) is 0. The molecule has 3 rings (SSSR count). The molecule has 156 valence electrons. The monoisotopic (exact) mass is 451 g/mol. The molecule has 0 N–H and O–H groups in total. The lowest BCUT2D eigenvalue weighted by Crippen LogP contribution is -2.43. The first kappa shape index (κ1) is 21.4. The average molecular weight is 452 g/mol. The largest absolute Gasteiger partial charge is 0.444 e. The summed E-state index contributed by atoms with van der Waals surface area (Å²) >= 11 is 3.80. The van der Waals surface area contributed by atoms with Gasteiger partial charge in [0.1, 0.15) is 5.60 Å². The number of rotatable bonds is 2. The van der Waals surface area contributed by atoms with E-state index >= 15 is 0 Å². The molecule has 2 aliphatic rings. The van der Waals surface area contributed by atoms with Crippen LogP contribution in [0.2, 0.25) is 0 Å². The number of aryl methyl sites for hydroxylation is 2. The molecule has 0 aromatic carbocycles. The van der Waals surface area contributed by atoms with Gasteiger partial charge >= 0.3 is 6.09 Å². The second-order valence-electron chi connectivity index (χ2n) is 9.42. The molecular formula is C22H34BrN3O2. The molecule has 0 saturated carbocycles. The Hall–Kier alpha value is -1.30. The Morgan fingerprint density at radius 3 is 2.32 bits per heavy atom. The zero-order valence-corrected chi connectivity index (χ0v) is 19.8. The predicted octanol–water partition coefficient (Wildman–Crippen LogP) is 5.25. The summed E-state index contributed by atoms with van der Waals surface area (Å²) in [5, 5.41) is 0. The third-order valence-corrected chi connectivity index (χ3v) is 7.12. The van der Waals surface area contributed by atoms with Crippen LogP contribution in [0.5, 0.6) is 0 Å². The summed E-state index contributed by atoms with van der Waals surface area (Å²) in [4.78, 5) is 21.6. The van der Waals surface area contributed by atoms with Crippen LogP contribution < -0.4 is 4.90 Å². The normalized spacial score (nSPS) is 19.4. The summed E-state index contributed by atoms with van der Waals surface area (Å²) in [6.45, 7) is 15.9. The Morgan fingerprint density at radius 1 is 1.14 bits per heavy atom. The SMILES string of the molecule is CCc1c(C)nc(C)c(Br)c1N1CCC2(CCN(C(=O)OC(C)(C)C)C2)CC1. The van der Waals surface area contributed by atoms with Crippen molar-refractivity contribution in [1.29, 1.82) is 0 Å². The number of carbonyl (C=O) groups excluding carboxylic acids is 1. The number of carbonyl (C=O) groups is 1. The Balaban J connectivity index is 1.70. The van der Waals surface area contributed by atoms with E-state index in [1.54, 1.807) is 0 Å². The number of halogens is 1. The van der Waals surface area contributed by atoms with E-state index in [9.17, 15) is 4.79 Å². The molecule has 0 aliphatic carbocycles. The van der Waals surface area contributed by atoms with Gasteiger partial charge in [0, 0.05) is 31.9 Å². The van der Waals surface area contributed by atoms with Crippen LogP contribution in [0.1, 0.15) is 63.9 Å². The zero-order valence-electron chi connectivity index (χ0n) is 18.2. The van der Waals surface area contributed by atoms with Gasteiger partial charge in [-0.05, 0) is 87.2 Å². The van der Waals surface area contributed by atoms with Crippen molar-refractivity contribution in [3.63, 3.8) is 0 Å². The second-order valence-corrected chi connectivity index (χ2v) is 10.2. The molecule has 1 aromatic rings. The number of amides is 1. The summed E-state index contributed by atoms with van der Waals surface area (Å²) in [7, 11) is 0. The molecule has 1 spiro atoms. The first-order valence-corrected chi connectivity index (χ1v) is 11.2. The molecule has 0 unspecified atom stereocenters. The van der Waals surface area contributed by atoms with Crippen molar-refractivity contribution < 1.29 is 9.53 Å². The maximum Gasteiger partial charge on any atom is 0.410 e. The molecule has 2 saturated heterocycles. The van der Waals surface area contributed by atoms with Crippen molar-refractivity contribution in [2.24, 2.45) is 5.41 Å². The molecule has 5 nitrogen and oxygen atoms in total. The highest BCUT2D eigenvalue weighted by Crippen LogP contribution is 2.44. The zero-order chi connectivity index (χ0) is 20.7. The summed E-state index contributed by atoms with van der Waals surface area (Å²) in [6, 6.07) is 0. The number of ether oxygens (including phenoxy) is 1. The maximum absolute atomic E-state index is 12.5. The number of likely N-dealkylation sites (tertiary alicyclic amines) is 1. The lowest BCUT2D eigenvalue weighted by atomic mass is 9.77. The smallest absolute Gasteiger partial charge is 0.410 e. The van der Waals surface area contributed by atoms with Crippen molar-refractivity contribution in [3.8, 4) is 0 Å². The molecule has 0 bridgehead atoms. The standard InChI is InChI=1S/C22H34BrN3O2/c1-7-17-15(2)24-16(3)18(23)19(17)25-11-8-22(9-12-25)10-13-26(14-22)20(27)28-21(4,5)6/h7-14H2,1-6H3. The third-order valence-electron chi connectivity index (χ3n) is 6.17. The first-order chi connectivity index (χ1) is 13.1. The topological polar surface area (TPSA) is 45.7 Å². The van der Waals surface area contributed by atoms with Gasteiger partial charge < -0.3 is 14.5 Å². The Kier molecular flexibility index (Phi) is 6.00. The fourth-order valence-electron chi connectivity index (χ4n) is 4.63. The highest BCUT2D eigenvalue weighted by Gasteiger charge is 2.43. The van der Waals surface area contributed by atoms with E-state index < -0.39 is 5.60 Å². The van der Waals surface area contributed by atoms with E-state index in [0.29, 0.717) is 0 Å². The van der Waals surface area contributed by atoms with Crippen LogP contribution >= 0.6 is 15.9 Å². The highest BCUT2D eigenvalue weighted by molar-refractivity contribution is 9.10. The predicted molar refractivity (Wildman–Crippen MR) is 117 cm³/mol. The van der Waals surface area contributed by atoms with Gasteiger partial charge in [-0.3, -0.25) is 4.98 Å². The molecule has 2 aliphatic heterocycles. The van der Waals surface area contributed by atoms with Gasteiger partial charge in [0.25, 0.3) is 0 Å². The Labute approximate surface area is 178 Å². The highest BCUT2D eigenvalue weighted by atomic mass is 79.9. The molecule has 6 heteroatoms. The lowest BCUT2D eigenvalue weighted by Gasteiger charge is -2.41. The lowest BCUT2D eigenvalue weighted by molar-refractivity contribution is 0.0266. The molecule has 0 atom stereocenters. The van der Waals surface area contributed by atoms with Gasteiger partial charge in [-0.25, -0.2) is 4.79 Å². The number of anilines is 1. The number of pyridine rings is 1. The molecule has 2 fully saturated rings. The Morgan fingerprint density at radius 2 is 1.75 bits per heavy atom. The van der Waals surface area contributed by atoms with Crippen molar-refractivity contribution >= 4 is 27.7 Å². The quantitative estimate of drug-likeness (QED) is 0.615. The Bertz CT molecular complexity index is 749. The second kappa shape index (κ2) is 7.85. The van der Waals surface area contributed by atoms with Crippen LogP contribution in [-0.4, -0.2) is 47.8 Å². The molecule has 3 heterocycles. The van der Waals surface area contributed by atoms with Gasteiger partial charge in [-0.15, -0.1) is 0 Å². The van der Waals surface area contributed by atoms with Gasteiger partial charge in [0.2, 0.25) is 0 Å². The summed E-state index contributed by atoms with van der Waals surface area (Å²) < 4.78 is 6.71. The van der Waals surface area contributed by atoms with Gasteiger partial charge in [0.05, 0.1) is 15.9 Å². The minimum Gasteiger partial charge on any atom is -0.444 e. The number of aromatic nitrogens is 1. The minimum absolute atomic E-state index is 0.164. The van der Waals surface area contributed by atoms with E-state index in [-0.39, 0.29) is 11.5 Å². The fraction of sp³-hybridized carbons (Fsp3) is 0.727. The fourth-order valence-corrected chi connectivity index (χ4v) is 5.21.